The van der Waals surface area contributed by atoms with Crippen molar-refractivity contribution in [2.45, 2.75) is 59.3 Å². The first-order valence-corrected chi connectivity index (χ1v) is 28.5. The van der Waals surface area contributed by atoms with Crippen molar-refractivity contribution in [1.82, 2.24) is 0 Å². The second-order valence-electron chi connectivity index (χ2n) is 24.0. The fourth-order valence-corrected chi connectivity index (χ4v) is 12.9. The van der Waals surface area contributed by atoms with Crippen molar-refractivity contribution < 1.29 is 0 Å². The molecule has 80 heavy (non-hydrogen) atoms. The Kier molecular flexibility index (Phi) is 12.8. The molecular formula is C79H67N. The Morgan fingerprint density at radius 3 is 1.43 bits per heavy atom. The number of rotatable bonds is 10. The first-order chi connectivity index (χ1) is 38.9. The van der Waals surface area contributed by atoms with E-state index in [4.69, 9.17) is 0 Å². The number of nitrogens with zero attached hydrogens (tertiary/aromatic N) is 1. The Morgan fingerprint density at radius 2 is 0.838 bits per heavy atom. The SMILES string of the molecule is CC(C)(C)C1=CC(c2cccc3cccc(-c4ccccc4N(c4ccc(-c5ccc(-c6ccccc6)cc5)cc4)c4ccc(-c5ccc6c(c5)C(c5ccccc5)(c5ccccc5)c5ccccc5-6)cc4)c23)CC(C(C)(C)C)=C1. The van der Waals surface area contributed by atoms with Crippen LogP contribution in [0.15, 0.2) is 290 Å². The minimum atomic E-state index is -0.476. The van der Waals surface area contributed by atoms with Gasteiger partial charge in [-0.15, -0.1) is 0 Å². The van der Waals surface area contributed by atoms with E-state index in [1.54, 1.807) is 0 Å². The molecule has 0 aromatic heterocycles. The third-order valence-electron chi connectivity index (χ3n) is 17.1. The Hall–Kier alpha value is -9.04. The van der Waals surface area contributed by atoms with Gasteiger partial charge in [0.25, 0.3) is 0 Å². The van der Waals surface area contributed by atoms with Crippen molar-refractivity contribution in [2.75, 3.05) is 4.90 Å². The number of para-hydroxylation sites is 1. The molecule has 1 atom stereocenters. The smallest absolute Gasteiger partial charge is 0.0713 e. The van der Waals surface area contributed by atoms with E-state index in [0.29, 0.717) is 0 Å². The Morgan fingerprint density at radius 1 is 0.375 bits per heavy atom. The highest BCUT2D eigenvalue weighted by Crippen LogP contribution is 2.57. The fraction of sp³-hybridized carbons (Fsp3) is 0.139. The number of allylic oxidation sites excluding steroid dienone is 4. The molecule has 13 rings (SSSR count). The summed E-state index contributed by atoms with van der Waals surface area (Å²) in [5.41, 5.74) is 24.5. The number of benzene rings is 11. The zero-order valence-electron chi connectivity index (χ0n) is 46.8. The molecular weight excluding hydrogens is 963 g/mol. The molecule has 0 N–H and O–H groups in total. The van der Waals surface area contributed by atoms with Gasteiger partial charge in [-0.05, 0) is 148 Å². The highest BCUT2D eigenvalue weighted by atomic mass is 15.1. The van der Waals surface area contributed by atoms with Gasteiger partial charge in [-0.25, -0.2) is 0 Å². The van der Waals surface area contributed by atoms with E-state index >= 15 is 0 Å². The van der Waals surface area contributed by atoms with E-state index in [-0.39, 0.29) is 16.7 Å². The lowest BCUT2D eigenvalue weighted by Crippen LogP contribution is -2.28. The second kappa shape index (κ2) is 20.3. The topological polar surface area (TPSA) is 3.24 Å². The standard InChI is InChI=1S/C79H67N/c1-77(2,3)64-50-61(51-65(53-64)78(4,5)6)68-32-20-24-59-25-21-33-72(76(59)68)71-31-17-19-35-75(71)80(66-45-40-57(41-46-66)56-38-36-55(37-39-56)54-22-10-7-11-23-54)67-47-42-58(43-48-67)60-44-49-70-69-30-16-18-34-73(69)79(74(70)52-60,62-26-12-8-13-27-62)63-28-14-9-15-29-63/h7-50,52-53,61H,51H2,1-6H3. The third kappa shape index (κ3) is 9.02. The maximum atomic E-state index is 2.57. The molecule has 0 amide bonds. The molecule has 1 unspecified atom stereocenters. The van der Waals surface area contributed by atoms with Crippen molar-refractivity contribution in [1.29, 1.82) is 0 Å². The minimum absolute atomic E-state index is 0.0215. The molecule has 11 aromatic rings. The van der Waals surface area contributed by atoms with Crippen LogP contribution in [0.5, 0.6) is 0 Å². The summed E-state index contributed by atoms with van der Waals surface area (Å²) in [5, 5.41) is 2.57. The lowest BCUT2D eigenvalue weighted by molar-refractivity contribution is 0.455. The molecule has 0 spiro atoms. The highest BCUT2D eigenvalue weighted by molar-refractivity contribution is 6.04. The Labute approximate surface area is 473 Å². The Bertz CT molecular complexity index is 4070. The lowest BCUT2D eigenvalue weighted by Gasteiger charge is -2.35. The molecule has 0 aliphatic heterocycles. The molecule has 0 saturated carbocycles. The van der Waals surface area contributed by atoms with Gasteiger partial charge < -0.3 is 4.90 Å². The van der Waals surface area contributed by atoms with Gasteiger partial charge in [-0.1, -0.05) is 290 Å². The van der Waals surface area contributed by atoms with Crippen molar-refractivity contribution in [3.63, 3.8) is 0 Å². The van der Waals surface area contributed by atoms with E-state index in [2.05, 4.69) is 326 Å². The summed E-state index contributed by atoms with van der Waals surface area (Å²) in [6.07, 6.45) is 6.06. The van der Waals surface area contributed by atoms with E-state index in [9.17, 15) is 0 Å². The molecule has 0 fully saturated rings. The predicted molar refractivity (Wildman–Crippen MR) is 340 cm³/mol. The van der Waals surface area contributed by atoms with Gasteiger partial charge in [-0.2, -0.15) is 0 Å². The van der Waals surface area contributed by atoms with E-state index in [0.717, 1.165) is 23.5 Å². The van der Waals surface area contributed by atoms with Crippen LogP contribution in [0.1, 0.15) is 81.7 Å². The predicted octanol–water partition coefficient (Wildman–Crippen LogP) is 21.8. The van der Waals surface area contributed by atoms with Crippen LogP contribution in [-0.2, 0) is 5.41 Å². The fourth-order valence-electron chi connectivity index (χ4n) is 12.9. The summed E-state index contributed by atoms with van der Waals surface area (Å²) in [6.45, 7) is 14.2. The van der Waals surface area contributed by atoms with Crippen molar-refractivity contribution in [2.24, 2.45) is 10.8 Å². The minimum Gasteiger partial charge on any atom is -0.310 e. The summed E-state index contributed by atoms with van der Waals surface area (Å²) in [4.78, 5) is 2.47. The van der Waals surface area contributed by atoms with Gasteiger partial charge in [-0.3, -0.25) is 0 Å². The largest absolute Gasteiger partial charge is 0.310 e. The van der Waals surface area contributed by atoms with E-state index < -0.39 is 5.41 Å². The van der Waals surface area contributed by atoms with Gasteiger partial charge in [0.1, 0.15) is 0 Å². The van der Waals surface area contributed by atoms with Gasteiger partial charge in [0.2, 0.25) is 0 Å². The molecule has 11 aromatic carbocycles. The van der Waals surface area contributed by atoms with Crippen LogP contribution in [0, 0.1) is 10.8 Å². The van der Waals surface area contributed by atoms with E-state index in [1.807, 2.05) is 0 Å². The number of anilines is 3. The number of hydrogen-bond donors (Lipinski definition) is 0. The molecule has 0 radical (unpaired) electrons. The average Bonchev–Trinajstić information content (AvgIpc) is 3.01. The number of hydrogen-bond acceptors (Lipinski definition) is 1. The Balaban J connectivity index is 0.946. The molecule has 1 heteroatoms. The zero-order chi connectivity index (χ0) is 54.6. The summed E-state index contributed by atoms with van der Waals surface area (Å²) >= 11 is 0. The summed E-state index contributed by atoms with van der Waals surface area (Å²) in [7, 11) is 0. The molecule has 1 nitrogen and oxygen atoms in total. The van der Waals surface area contributed by atoms with E-state index in [1.165, 1.54) is 105 Å². The van der Waals surface area contributed by atoms with Crippen molar-refractivity contribution in [3.8, 4) is 55.6 Å². The molecule has 0 saturated heterocycles. The molecule has 2 aliphatic rings. The third-order valence-corrected chi connectivity index (χ3v) is 17.1. The molecule has 2 aliphatic carbocycles. The lowest BCUT2D eigenvalue weighted by atomic mass is 9.67. The monoisotopic (exact) mass is 1030 g/mol. The normalized spacial score (nSPS) is 14.7. The number of fused-ring (bicyclic) bond motifs is 4. The maximum absolute atomic E-state index is 2.57. The van der Waals surface area contributed by atoms with Gasteiger partial charge in [0.15, 0.2) is 0 Å². The maximum Gasteiger partial charge on any atom is 0.0713 e. The van der Waals surface area contributed by atoms with Crippen LogP contribution in [0.3, 0.4) is 0 Å². The summed E-state index contributed by atoms with van der Waals surface area (Å²) in [5.74, 6) is 0.234. The first kappa shape index (κ1) is 50.5. The summed E-state index contributed by atoms with van der Waals surface area (Å²) in [6, 6.07) is 99.2. The van der Waals surface area contributed by atoms with Gasteiger partial charge in [0, 0.05) is 22.9 Å². The van der Waals surface area contributed by atoms with Crippen molar-refractivity contribution in [3.05, 3.63) is 318 Å². The van der Waals surface area contributed by atoms with Crippen LogP contribution >= 0.6 is 0 Å². The van der Waals surface area contributed by atoms with Crippen LogP contribution in [-0.4, -0.2) is 0 Å². The molecule has 388 valence electrons. The van der Waals surface area contributed by atoms with Crippen LogP contribution < -0.4 is 4.90 Å². The van der Waals surface area contributed by atoms with Crippen LogP contribution in [0.4, 0.5) is 17.1 Å². The van der Waals surface area contributed by atoms with Gasteiger partial charge >= 0.3 is 0 Å². The van der Waals surface area contributed by atoms with Crippen LogP contribution in [0.2, 0.25) is 0 Å². The second-order valence-corrected chi connectivity index (χ2v) is 24.0. The van der Waals surface area contributed by atoms with Crippen LogP contribution in [0.25, 0.3) is 66.4 Å². The first-order valence-electron chi connectivity index (χ1n) is 28.5. The van der Waals surface area contributed by atoms with Gasteiger partial charge in [0.05, 0.1) is 11.1 Å². The quantitative estimate of drug-likeness (QED) is 0.132. The van der Waals surface area contributed by atoms with Crippen molar-refractivity contribution >= 4 is 27.8 Å². The highest BCUT2D eigenvalue weighted by Gasteiger charge is 2.46. The zero-order valence-corrected chi connectivity index (χ0v) is 46.8. The molecule has 0 heterocycles. The summed E-state index contributed by atoms with van der Waals surface area (Å²) < 4.78 is 0. The average molecular weight is 1030 g/mol. The molecule has 0 bridgehead atoms.